The van der Waals surface area contributed by atoms with Crippen LogP contribution in [0.25, 0.3) is 0 Å². The molecular formula is C15H18N2O3S. The van der Waals surface area contributed by atoms with E-state index in [0.717, 1.165) is 17.8 Å². The van der Waals surface area contributed by atoms with Gasteiger partial charge in [-0.3, -0.25) is 0 Å². The number of imidazole rings is 1. The molecule has 0 amide bonds. The van der Waals surface area contributed by atoms with Gasteiger partial charge < -0.3 is 9.67 Å². The summed E-state index contributed by atoms with van der Waals surface area (Å²) in [5.41, 5.74) is 1.08. The van der Waals surface area contributed by atoms with E-state index < -0.39 is 9.84 Å². The van der Waals surface area contributed by atoms with Crippen molar-refractivity contribution >= 4 is 9.84 Å². The molecule has 1 aromatic heterocycles. The minimum Gasteiger partial charge on any atom is -0.508 e. The van der Waals surface area contributed by atoms with Crippen molar-refractivity contribution in [2.45, 2.75) is 19.4 Å². The molecule has 1 aliphatic rings. The van der Waals surface area contributed by atoms with Gasteiger partial charge in [0.15, 0.2) is 9.84 Å². The molecule has 1 unspecified atom stereocenters. The first-order valence-electron chi connectivity index (χ1n) is 7.00. The second-order valence-electron chi connectivity index (χ2n) is 5.61. The third-order valence-corrected chi connectivity index (χ3v) is 5.73. The molecule has 1 saturated heterocycles. The Labute approximate surface area is 124 Å². The summed E-state index contributed by atoms with van der Waals surface area (Å²) >= 11 is 0. The summed E-state index contributed by atoms with van der Waals surface area (Å²) in [5.74, 6) is 1.93. The van der Waals surface area contributed by atoms with E-state index in [1.54, 1.807) is 18.3 Å². The molecule has 0 aliphatic carbocycles. The number of aromatic nitrogens is 2. The van der Waals surface area contributed by atoms with E-state index >= 15 is 0 Å². The van der Waals surface area contributed by atoms with E-state index in [1.807, 2.05) is 22.9 Å². The first kappa shape index (κ1) is 14.1. The van der Waals surface area contributed by atoms with E-state index in [1.165, 1.54) is 0 Å². The van der Waals surface area contributed by atoms with Crippen LogP contribution in [-0.2, 0) is 22.8 Å². The predicted molar refractivity (Wildman–Crippen MR) is 79.9 cm³/mol. The Balaban J connectivity index is 1.71. The lowest BCUT2D eigenvalue weighted by Crippen LogP contribution is -2.12. The van der Waals surface area contributed by atoms with Crippen LogP contribution < -0.4 is 0 Å². The van der Waals surface area contributed by atoms with Crippen LogP contribution in [-0.4, -0.2) is 34.6 Å². The van der Waals surface area contributed by atoms with Crippen molar-refractivity contribution in [1.29, 1.82) is 0 Å². The normalized spacial score (nSPS) is 20.7. The number of nitrogens with zero attached hydrogens (tertiary/aromatic N) is 2. The second-order valence-corrected chi connectivity index (χ2v) is 7.84. The summed E-state index contributed by atoms with van der Waals surface area (Å²) in [4.78, 5) is 4.36. The Morgan fingerprint density at radius 2 is 2.05 bits per heavy atom. The summed E-state index contributed by atoms with van der Waals surface area (Å²) in [5, 5.41) is 9.30. The average molecular weight is 306 g/mol. The molecule has 0 bridgehead atoms. The number of sulfone groups is 1. The number of phenols is 1. The monoisotopic (exact) mass is 306 g/mol. The summed E-state index contributed by atoms with van der Waals surface area (Å²) in [6.45, 7) is 0.676. The smallest absolute Gasteiger partial charge is 0.150 e. The molecule has 2 aromatic rings. The molecule has 1 aromatic carbocycles. The molecule has 3 rings (SSSR count). The number of hydrogen-bond acceptors (Lipinski definition) is 4. The third-order valence-electron chi connectivity index (χ3n) is 3.89. The molecule has 1 atom stereocenters. The van der Waals surface area contributed by atoms with Crippen LogP contribution in [0, 0.1) is 5.92 Å². The van der Waals surface area contributed by atoms with Crippen LogP contribution in [0.4, 0.5) is 0 Å². The van der Waals surface area contributed by atoms with Gasteiger partial charge in [0.1, 0.15) is 11.6 Å². The van der Waals surface area contributed by atoms with Crippen molar-refractivity contribution < 1.29 is 13.5 Å². The minimum atomic E-state index is -2.84. The van der Waals surface area contributed by atoms with Gasteiger partial charge in [-0.15, -0.1) is 0 Å². The van der Waals surface area contributed by atoms with Crippen LogP contribution in [0.2, 0.25) is 0 Å². The summed E-state index contributed by atoms with van der Waals surface area (Å²) in [7, 11) is -2.84. The fraction of sp³-hybridized carbons (Fsp3) is 0.400. The highest BCUT2D eigenvalue weighted by Crippen LogP contribution is 2.22. The quantitative estimate of drug-likeness (QED) is 0.931. The van der Waals surface area contributed by atoms with Gasteiger partial charge in [-0.25, -0.2) is 13.4 Å². The van der Waals surface area contributed by atoms with E-state index in [9.17, 15) is 13.5 Å². The van der Waals surface area contributed by atoms with Gasteiger partial charge >= 0.3 is 0 Å². The van der Waals surface area contributed by atoms with Gasteiger partial charge in [0.25, 0.3) is 0 Å². The van der Waals surface area contributed by atoms with E-state index in [0.29, 0.717) is 18.7 Å². The van der Waals surface area contributed by atoms with Gasteiger partial charge in [0, 0.05) is 25.4 Å². The van der Waals surface area contributed by atoms with Crippen molar-refractivity contribution in [1.82, 2.24) is 9.55 Å². The Bertz CT molecular complexity index is 720. The molecule has 5 nitrogen and oxygen atoms in total. The van der Waals surface area contributed by atoms with Crippen molar-refractivity contribution in [2.75, 3.05) is 11.5 Å². The fourth-order valence-electron chi connectivity index (χ4n) is 2.76. The first-order valence-corrected chi connectivity index (χ1v) is 8.82. The van der Waals surface area contributed by atoms with Crippen molar-refractivity contribution in [3.05, 3.63) is 48.0 Å². The maximum atomic E-state index is 11.5. The molecule has 0 saturated carbocycles. The lowest BCUT2D eigenvalue weighted by atomic mass is 10.0. The van der Waals surface area contributed by atoms with Crippen molar-refractivity contribution in [2.24, 2.45) is 5.92 Å². The maximum Gasteiger partial charge on any atom is 0.150 e. The summed E-state index contributed by atoms with van der Waals surface area (Å²) < 4.78 is 25.1. The molecule has 6 heteroatoms. The second kappa shape index (κ2) is 5.52. The first-order chi connectivity index (χ1) is 10.0. The molecule has 0 spiro atoms. The van der Waals surface area contributed by atoms with Gasteiger partial charge in [0.05, 0.1) is 11.5 Å². The lowest BCUT2D eigenvalue weighted by Gasteiger charge is -2.11. The average Bonchev–Trinajstić information content (AvgIpc) is 3.00. The van der Waals surface area contributed by atoms with E-state index in [-0.39, 0.29) is 17.4 Å². The number of hydrogen-bond donors (Lipinski definition) is 1. The van der Waals surface area contributed by atoms with Gasteiger partial charge in [-0.2, -0.15) is 0 Å². The molecular weight excluding hydrogens is 288 g/mol. The molecule has 1 aliphatic heterocycles. The Hall–Kier alpha value is -1.82. The van der Waals surface area contributed by atoms with Crippen LogP contribution in [0.3, 0.4) is 0 Å². The number of aromatic hydroxyl groups is 1. The largest absolute Gasteiger partial charge is 0.508 e. The molecule has 112 valence electrons. The van der Waals surface area contributed by atoms with Gasteiger partial charge in [-0.1, -0.05) is 12.1 Å². The molecule has 1 fully saturated rings. The molecule has 1 N–H and O–H groups in total. The van der Waals surface area contributed by atoms with Gasteiger partial charge in [-0.05, 0) is 30.0 Å². The SMILES string of the molecule is O=S1(=O)CCC(Cc2nccn2Cc2ccc(O)cc2)C1. The van der Waals surface area contributed by atoms with Crippen molar-refractivity contribution in [3.63, 3.8) is 0 Å². The topological polar surface area (TPSA) is 72.2 Å². The number of benzene rings is 1. The third kappa shape index (κ3) is 3.44. The van der Waals surface area contributed by atoms with E-state index in [2.05, 4.69) is 4.98 Å². The van der Waals surface area contributed by atoms with Crippen LogP contribution in [0.1, 0.15) is 17.8 Å². The Kier molecular flexibility index (Phi) is 3.71. The maximum absolute atomic E-state index is 11.5. The van der Waals surface area contributed by atoms with Crippen LogP contribution >= 0.6 is 0 Å². The zero-order valence-corrected chi connectivity index (χ0v) is 12.5. The van der Waals surface area contributed by atoms with Crippen molar-refractivity contribution in [3.8, 4) is 5.75 Å². The highest BCUT2D eigenvalue weighted by molar-refractivity contribution is 7.91. The summed E-state index contributed by atoms with van der Waals surface area (Å²) in [6, 6.07) is 7.07. The minimum absolute atomic E-state index is 0.177. The Morgan fingerprint density at radius 1 is 1.29 bits per heavy atom. The van der Waals surface area contributed by atoms with Gasteiger partial charge in [0.2, 0.25) is 0 Å². The standard InChI is InChI=1S/C15H18N2O3S/c18-14-3-1-12(2-4-14)10-17-7-6-16-15(17)9-13-5-8-21(19,20)11-13/h1-4,6-7,13,18H,5,8-11H2. The molecule has 2 heterocycles. The summed E-state index contributed by atoms with van der Waals surface area (Å²) in [6.07, 6.45) is 5.09. The van der Waals surface area contributed by atoms with E-state index in [4.69, 9.17) is 0 Å². The lowest BCUT2D eigenvalue weighted by molar-refractivity contribution is 0.475. The number of rotatable bonds is 4. The molecule has 21 heavy (non-hydrogen) atoms. The predicted octanol–water partition coefficient (Wildman–Crippen LogP) is 1.61. The molecule has 0 radical (unpaired) electrons. The van der Waals surface area contributed by atoms with Crippen LogP contribution in [0.15, 0.2) is 36.7 Å². The number of phenolic OH excluding ortho intramolecular Hbond substituents is 1. The Morgan fingerprint density at radius 3 is 2.71 bits per heavy atom. The highest BCUT2D eigenvalue weighted by Gasteiger charge is 2.28. The zero-order chi connectivity index (χ0) is 14.9. The highest BCUT2D eigenvalue weighted by atomic mass is 32.2. The van der Waals surface area contributed by atoms with Crippen LogP contribution in [0.5, 0.6) is 5.75 Å². The fourth-order valence-corrected chi connectivity index (χ4v) is 4.63. The zero-order valence-electron chi connectivity index (χ0n) is 11.6.